The third-order valence-corrected chi connectivity index (χ3v) is 1.81. The lowest BCUT2D eigenvalue weighted by Gasteiger charge is -2.13. The molecule has 0 aliphatic rings. The highest BCUT2D eigenvalue weighted by molar-refractivity contribution is 5.75. The molecule has 0 spiro atoms. The summed E-state index contributed by atoms with van der Waals surface area (Å²) in [6.45, 7) is 0. The lowest BCUT2D eigenvalue weighted by molar-refractivity contribution is 0.219. The molecule has 15 heavy (non-hydrogen) atoms. The van der Waals surface area contributed by atoms with Crippen LogP contribution in [0.15, 0.2) is 24.3 Å². The lowest BCUT2D eigenvalue weighted by Crippen LogP contribution is -2.38. The van der Waals surface area contributed by atoms with Crippen LogP contribution in [0.25, 0.3) is 0 Å². The van der Waals surface area contributed by atoms with E-state index in [9.17, 15) is 4.79 Å². The van der Waals surface area contributed by atoms with Crippen LogP contribution < -0.4 is 15.6 Å². The Morgan fingerprint density at radius 1 is 1.27 bits per heavy atom. The van der Waals surface area contributed by atoms with E-state index in [0.29, 0.717) is 0 Å². The van der Waals surface area contributed by atoms with Crippen molar-refractivity contribution < 1.29 is 9.53 Å². The number of methoxy groups -OCH3 is 1. The van der Waals surface area contributed by atoms with E-state index in [0.717, 1.165) is 11.4 Å². The monoisotopic (exact) mass is 209 g/mol. The maximum absolute atomic E-state index is 11.2. The number of carbonyl (C=O) groups excluding carboxylic acids is 1. The number of nitrogens with zero attached hydrogens (tertiary/aromatic N) is 1. The smallest absolute Gasteiger partial charge is 0.335 e. The highest BCUT2D eigenvalue weighted by Crippen LogP contribution is 2.13. The number of benzene rings is 1. The van der Waals surface area contributed by atoms with Gasteiger partial charge in [-0.05, 0) is 24.3 Å². The fourth-order valence-corrected chi connectivity index (χ4v) is 0.912. The maximum Gasteiger partial charge on any atom is 0.335 e. The topological polar surface area (TPSA) is 53.6 Å². The van der Waals surface area contributed by atoms with Crippen LogP contribution in [0.3, 0.4) is 0 Å². The number of hydrogen-bond donors (Lipinski definition) is 2. The number of anilines is 1. The average molecular weight is 209 g/mol. The number of hydrazine groups is 1. The van der Waals surface area contributed by atoms with Gasteiger partial charge in [-0.2, -0.15) is 0 Å². The Hall–Kier alpha value is -1.91. The van der Waals surface area contributed by atoms with Crippen LogP contribution >= 0.6 is 0 Å². The molecule has 5 nitrogen and oxygen atoms in total. The summed E-state index contributed by atoms with van der Waals surface area (Å²) in [7, 11) is 4.95. The first-order valence-corrected chi connectivity index (χ1v) is 4.51. The molecule has 1 aromatic carbocycles. The minimum Gasteiger partial charge on any atom is -0.497 e. The number of urea groups is 1. The second-order valence-electron chi connectivity index (χ2n) is 3.18. The van der Waals surface area contributed by atoms with Crippen molar-refractivity contribution in [2.75, 3.05) is 26.6 Å². The summed E-state index contributed by atoms with van der Waals surface area (Å²) in [5, 5.41) is 0. The molecule has 0 bridgehead atoms. The zero-order valence-corrected chi connectivity index (χ0v) is 9.07. The van der Waals surface area contributed by atoms with E-state index < -0.39 is 0 Å². The van der Waals surface area contributed by atoms with Crippen molar-refractivity contribution in [3.8, 4) is 5.75 Å². The van der Waals surface area contributed by atoms with E-state index in [2.05, 4.69) is 10.9 Å². The van der Waals surface area contributed by atoms with Gasteiger partial charge in [0.15, 0.2) is 0 Å². The Labute approximate surface area is 89.0 Å². The number of carbonyl (C=O) groups is 1. The molecular formula is C10H15N3O2. The van der Waals surface area contributed by atoms with Crippen LogP contribution in [-0.2, 0) is 0 Å². The molecule has 2 N–H and O–H groups in total. The fourth-order valence-electron chi connectivity index (χ4n) is 0.912. The molecule has 0 unspecified atom stereocenters. The first-order chi connectivity index (χ1) is 7.13. The van der Waals surface area contributed by atoms with Crippen molar-refractivity contribution in [1.82, 2.24) is 10.3 Å². The zero-order valence-electron chi connectivity index (χ0n) is 9.07. The predicted octanol–water partition coefficient (Wildman–Crippen LogP) is 1.29. The second kappa shape index (κ2) is 5.09. The molecule has 0 aliphatic carbocycles. The molecule has 5 heteroatoms. The zero-order chi connectivity index (χ0) is 11.3. The molecule has 0 heterocycles. The lowest BCUT2D eigenvalue weighted by atomic mass is 10.3. The van der Waals surface area contributed by atoms with Gasteiger partial charge in [0.2, 0.25) is 0 Å². The van der Waals surface area contributed by atoms with Crippen molar-refractivity contribution >= 4 is 11.7 Å². The van der Waals surface area contributed by atoms with E-state index in [1.807, 2.05) is 24.3 Å². The Morgan fingerprint density at radius 2 is 1.87 bits per heavy atom. The SMILES string of the molecule is COc1ccc(NNC(=O)N(C)C)cc1. The van der Waals surface area contributed by atoms with Gasteiger partial charge in [0.1, 0.15) is 5.75 Å². The fraction of sp³-hybridized carbons (Fsp3) is 0.300. The van der Waals surface area contributed by atoms with Gasteiger partial charge in [0.05, 0.1) is 12.8 Å². The summed E-state index contributed by atoms with van der Waals surface area (Å²) < 4.78 is 5.01. The molecule has 0 aromatic heterocycles. The predicted molar refractivity (Wildman–Crippen MR) is 58.8 cm³/mol. The standard InChI is InChI=1S/C10H15N3O2/c1-13(2)10(14)12-11-8-4-6-9(15-3)7-5-8/h4-7,11H,1-3H3,(H,12,14). The van der Waals surface area contributed by atoms with Gasteiger partial charge < -0.3 is 9.64 Å². The van der Waals surface area contributed by atoms with Crippen molar-refractivity contribution in [3.05, 3.63) is 24.3 Å². The van der Waals surface area contributed by atoms with Crippen LogP contribution in [0.5, 0.6) is 5.75 Å². The highest BCUT2D eigenvalue weighted by atomic mass is 16.5. The Morgan fingerprint density at radius 3 is 2.33 bits per heavy atom. The molecule has 1 aromatic rings. The first-order valence-electron chi connectivity index (χ1n) is 4.51. The molecule has 82 valence electrons. The molecule has 0 atom stereocenters. The number of ether oxygens (including phenoxy) is 1. The van der Waals surface area contributed by atoms with Gasteiger partial charge in [0, 0.05) is 14.1 Å². The van der Waals surface area contributed by atoms with Crippen molar-refractivity contribution in [2.45, 2.75) is 0 Å². The van der Waals surface area contributed by atoms with Crippen LogP contribution in [0.1, 0.15) is 0 Å². The molecule has 0 fully saturated rings. The molecule has 1 rings (SSSR count). The Balaban J connectivity index is 2.47. The number of hydrogen-bond acceptors (Lipinski definition) is 3. The molecule has 0 aliphatic heterocycles. The Kier molecular flexibility index (Phi) is 3.79. The third-order valence-electron chi connectivity index (χ3n) is 1.81. The van der Waals surface area contributed by atoms with E-state index in [1.54, 1.807) is 21.2 Å². The van der Waals surface area contributed by atoms with E-state index in [-0.39, 0.29) is 6.03 Å². The molecule has 0 saturated heterocycles. The van der Waals surface area contributed by atoms with Crippen LogP contribution in [0, 0.1) is 0 Å². The van der Waals surface area contributed by atoms with E-state index in [1.165, 1.54) is 4.90 Å². The molecular weight excluding hydrogens is 194 g/mol. The number of nitrogens with one attached hydrogen (secondary N) is 2. The third kappa shape index (κ3) is 3.38. The summed E-state index contributed by atoms with van der Waals surface area (Å²) in [5.41, 5.74) is 6.11. The van der Waals surface area contributed by atoms with Crippen LogP contribution in [0.4, 0.5) is 10.5 Å². The van der Waals surface area contributed by atoms with Crippen LogP contribution in [0.2, 0.25) is 0 Å². The normalized spacial score (nSPS) is 9.27. The quantitative estimate of drug-likeness (QED) is 0.738. The van der Waals surface area contributed by atoms with Gasteiger partial charge >= 0.3 is 6.03 Å². The number of rotatable bonds is 3. The van der Waals surface area contributed by atoms with Crippen molar-refractivity contribution in [3.63, 3.8) is 0 Å². The molecule has 0 radical (unpaired) electrons. The summed E-state index contributed by atoms with van der Waals surface area (Å²) in [6, 6.07) is 7.04. The average Bonchev–Trinajstić information content (AvgIpc) is 2.26. The van der Waals surface area contributed by atoms with Crippen LogP contribution in [-0.4, -0.2) is 32.1 Å². The van der Waals surface area contributed by atoms with E-state index in [4.69, 9.17) is 4.74 Å². The van der Waals surface area contributed by atoms with Gasteiger partial charge in [-0.25, -0.2) is 4.79 Å². The van der Waals surface area contributed by atoms with Crippen molar-refractivity contribution in [2.24, 2.45) is 0 Å². The van der Waals surface area contributed by atoms with E-state index >= 15 is 0 Å². The van der Waals surface area contributed by atoms with Gasteiger partial charge in [-0.1, -0.05) is 0 Å². The summed E-state index contributed by atoms with van der Waals surface area (Å²) in [6.07, 6.45) is 0. The molecule has 2 amide bonds. The second-order valence-corrected chi connectivity index (χ2v) is 3.18. The minimum atomic E-state index is -0.203. The maximum atomic E-state index is 11.2. The number of amides is 2. The van der Waals surface area contributed by atoms with Gasteiger partial charge in [-0.3, -0.25) is 10.9 Å². The summed E-state index contributed by atoms with van der Waals surface area (Å²) >= 11 is 0. The van der Waals surface area contributed by atoms with Crippen molar-refractivity contribution in [1.29, 1.82) is 0 Å². The van der Waals surface area contributed by atoms with Gasteiger partial charge in [0.25, 0.3) is 0 Å². The summed E-state index contributed by atoms with van der Waals surface area (Å²) in [5.74, 6) is 0.777. The summed E-state index contributed by atoms with van der Waals surface area (Å²) in [4.78, 5) is 12.6. The largest absolute Gasteiger partial charge is 0.497 e. The molecule has 0 saturated carbocycles. The highest BCUT2D eigenvalue weighted by Gasteiger charge is 2.01. The Bertz CT molecular complexity index is 322. The minimum absolute atomic E-state index is 0.203. The first kappa shape index (κ1) is 11.2. The van der Waals surface area contributed by atoms with Gasteiger partial charge in [-0.15, -0.1) is 0 Å².